The van der Waals surface area contributed by atoms with Crippen molar-refractivity contribution in [3.8, 4) is 5.69 Å². The van der Waals surface area contributed by atoms with Crippen molar-refractivity contribution in [3.05, 3.63) is 89.8 Å². The van der Waals surface area contributed by atoms with Crippen LogP contribution < -0.4 is 11.0 Å². The molecule has 0 spiro atoms. The second-order valence-electron chi connectivity index (χ2n) is 6.23. The number of rotatable bonds is 5. The number of nitrogens with zero attached hydrogens (tertiary/aromatic N) is 3. The lowest BCUT2D eigenvalue weighted by Crippen LogP contribution is -2.20. The second kappa shape index (κ2) is 8.23. The van der Waals surface area contributed by atoms with Crippen LogP contribution in [0.2, 0.25) is 0 Å². The van der Waals surface area contributed by atoms with E-state index in [1.54, 1.807) is 13.0 Å². The van der Waals surface area contributed by atoms with Crippen LogP contribution in [0.5, 0.6) is 0 Å². The van der Waals surface area contributed by atoms with Gasteiger partial charge in [-0.05, 0) is 49.7 Å². The molecule has 1 amide bonds. The lowest BCUT2D eigenvalue weighted by atomic mass is 10.2. The maximum atomic E-state index is 12.7. The van der Waals surface area contributed by atoms with Crippen molar-refractivity contribution < 1.29 is 9.72 Å². The number of benzene rings is 2. The van der Waals surface area contributed by atoms with Gasteiger partial charge in [-0.2, -0.15) is 5.10 Å². The van der Waals surface area contributed by atoms with Gasteiger partial charge in [0, 0.05) is 27.9 Å². The highest BCUT2D eigenvalue weighted by Gasteiger charge is 2.12. The van der Waals surface area contributed by atoms with E-state index in [0.717, 1.165) is 10.0 Å². The monoisotopic (exact) mass is 457 g/mol. The molecule has 148 valence electrons. The van der Waals surface area contributed by atoms with Gasteiger partial charge in [0.05, 0.1) is 22.4 Å². The van der Waals surface area contributed by atoms with Gasteiger partial charge in [-0.1, -0.05) is 15.9 Å². The molecule has 2 aromatic carbocycles. The number of non-ortho nitro benzene ring substituents is 1. The Hall–Kier alpha value is -3.53. The van der Waals surface area contributed by atoms with Crippen molar-refractivity contribution in [2.45, 2.75) is 13.8 Å². The third-order valence-electron chi connectivity index (χ3n) is 4.22. The molecule has 0 saturated carbocycles. The van der Waals surface area contributed by atoms with Crippen LogP contribution >= 0.6 is 15.9 Å². The summed E-state index contributed by atoms with van der Waals surface area (Å²) in [5, 5.41) is 17.5. The van der Waals surface area contributed by atoms with E-state index in [1.165, 1.54) is 35.2 Å². The average molecular weight is 458 g/mol. The molecule has 3 aromatic rings. The van der Waals surface area contributed by atoms with Gasteiger partial charge in [-0.3, -0.25) is 24.8 Å². The molecule has 0 unspecified atom stereocenters. The van der Waals surface area contributed by atoms with E-state index < -0.39 is 10.8 Å². The quantitative estimate of drug-likeness (QED) is 0.346. The van der Waals surface area contributed by atoms with Crippen molar-refractivity contribution >= 4 is 33.7 Å². The predicted molar refractivity (Wildman–Crippen MR) is 112 cm³/mol. The van der Waals surface area contributed by atoms with E-state index in [-0.39, 0.29) is 16.8 Å². The van der Waals surface area contributed by atoms with E-state index >= 15 is 0 Å². The minimum atomic E-state index is -0.549. The number of aryl methyl sites for hydroxylation is 2. The van der Waals surface area contributed by atoms with Crippen LogP contribution in [-0.4, -0.2) is 26.8 Å². The summed E-state index contributed by atoms with van der Waals surface area (Å²) in [6.07, 6.45) is 1.26. The molecule has 3 rings (SSSR count). The number of aromatic amines is 1. The summed E-state index contributed by atoms with van der Waals surface area (Å²) in [7, 11) is 0. The number of aromatic nitrogens is 2. The number of nitro groups is 1. The first-order valence-corrected chi connectivity index (χ1v) is 9.23. The van der Waals surface area contributed by atoms with Gasteiger partial charge >= 0.3 is 0 Å². The summed E-state index contributed by atoms with van der Waals surface area (Å²) in [5.41, 5.74) is 4.64. The molecule has 0 bridgehead atoms. The largest absolute Gasteiger partial charge is 0.295 e. The van der Waals surface area contributed by atoms with Gasteiger partial charge in [0.15, 0.2) is 0 Å². The van der Waals surface area contributed by atoms with Gasteiger partial charge in [0.2, 0.25) is 0 Å². The molecule has 0 aliphatic carbocycles. The Morgan fingerprint density at radius 2 is 1.93 bits per heavy atom. The van der Waals surface area contributed by atoms with E-state index in [1.807, 2.05) is 19.1 Å². The highest BCUT2D eigenvalue weighted by atomic mass is 79.9. The number of hydrogen-bond acceptors (Lipinski definition) is 5. The van der Waals surface area contributed by atoms with Crippen LogP contribution in [-0.2, 0) is 0 Å². The summed E-state index contributed by atoms with van der Waals surface area (Å²) in [4.78, 5) is 34.9. The SMILES string of the molecule is Cc1cc(-n2[nH]c(C)c(C=NNC(=O)c3ccc([N+](=O)[O-])cc3)c2=O)ccc1Br. The Morgan fingerprint density at radius 3 is 2.55 bits per heavy atom. The third kappa shape index (κ3) is 4.32. The van der Waals surface area contributed by atoms with E-state index in [9.17, 15) is 19.7 Å². The Bertz CT molecular complexity index is 1180. The third-order valence-corrected chi connectivity index (χ3v) is 5.11. The van der Waals surface area contributed by atoms with Gasteiger partial charge < -0.3 is 0 Å². The maximum absolute atomic E-state index is 12.7. The van der Waals surface area contributed by atoms with Crippen molar-refractivity contribution in [2.24, 2.45) is 5.10 Å². The molecule has 1 aromatic heterocycles. The highest BCUT2D eigenvalue weighted by Crippen LogP contribution is 2.18. The molecule has 0 fully saturated rings. The zero-order valence-electron chi connectivity index (χ0n) is 15.5. The molecular weight excluding hydrogens is 442 g/mol. The van der Waals surface area contributed by atoms with Gasteiger partial charge in [0.1, 0.15) is 0 Å². The molecule has 1 heterocycles. The van der Waals surface area contributed by atoms with Crippen LogP contribution in [0.15, 0.2) is 56.8 Å². The van der Waals surface area contributed by atoms with Crippen LogP contribution in [0, 0.1) is 24.0 Å². The molecule has 0 atom stereocenters. The predicted octanol–water partition coefficient (Wildman–Crippen LogP) is 3.22. The second-order valence-corrected chi connectivity index (χ2v) is 7.08. The molecule has 0 radical (unpaired) electrons. The average Bonchev–Trinajstić information content (AvgIpc) is 2.98. The first-order valence-electron chi connectivity index (χ1n) is 8.44. The zero-order valence-corrected chi connectivity index (χ0v) is 17.1. The Labute approximate surface area is 173 Å². The first kappa shape index (κ1) is 20.2. The molecule has 10 heteroatoms. The zero-order chi connectivity index (χ0) is 21.1. The molecule has 29 heavy (non-hydrogen) atoms. The van der Waals surface area contributed by atoms with Crippen molar-refractivity contribution in [2.75, 3.05) is 0 Å². The minimum Gasteiger partial charge on any atom is -0.295 e. The highest BCUT2D eigenvalue weighted by molar-refractivity contribution is 9.10. The molecule has 0 aliphatic rings. The smallest absolute Gasteiger partial charge is 0.280 e. The molecule has 9 nitrogen and oxygen atoms in total. The number of nitro benzene ring substituents is 1. The normalized spacial score (nSPS) is 11.0. The van der Waals surface area contributed by atoms with Crippen molar-refractivity contribution in [1.29, 1.82) is 0 Å². The number of hydrogen-bond donors (Lipinski definition) is 2. The fraction of sp³-hybridized carbons (Fsp3) is 0.105. The summed E-state index contributed by atoms with van der Waals surface area (Å²) >= 11 is 3.43. The Kier molecular flexibility index (Phi) is 5.74. The lowest BCUT2D eigenvalue weighted by molar-refractivity contribution is -0.384. The number of halogens is 1. The van der Waals surface area contributed by atoms with Crippen LogP contribution in [0.1, 0.15) is 27.2 Å². The fourth-order valence-corrected chi connectivity index (χ4v) is 2.86. The number of amides is 1. The van der Waals surface area contributed by atoms with E-state index in [0.29, 0.717) is 16.9 Å². The van der Waals surface area contributed by atoms with Crippen molar-refractivity contribution in [3.63, 3.8) is 0 Å². The number of carbonyl (C=O) groups excluding carboxylic acids is 1. The summed E-state index contributed by atoms with van der Waals surface area (Å²) in [6, 6.07) is 10.6. The van der Waals surface area contributed by atoms with Gasteiger partial charge in [0.25, 0.3) is 17.2 Å². The topological polar surface area (TPSA) is 122 Å². The number of carbonyl (C=O) groups is 1. The number of nitrogens with one attached hydrogen (secondary N) is 2. The Balaban J connectivity index is 1.78. The molecule has 0 saturated heterocycles. The standard InChI is InChI=1S/C19H16BrN5O4/c1-11-9-15(7-8-17(11)20)24-19(27)16(12(2)23-24)10-21-22-18(26)13-3-5-14(6-4-13)25(28)29/h3-10,23H,1-2H3,(H,22,26). The minimum absolute atomic E-state index is 0.114. The molecule has 2 N–H and O–H groups in total. The van der Waals surface area contributed by atoms with Crippen LogP contribution in [0.4, 0.5) is 5.69 Å². The lowest BCUT2D eigenvalue weighted by Gasteiger charge is -2.04. The van der Waals surface area contributed by atoms with Crippen LogP contribution in [0.25, 0.3) is 5.69 Å². The van der Waals surface area contributed by atoms with Gasteiger partial charge in [-0.15, -0.1) is 0 Å². The van der Waals surface area contributed by atoms with Crippen molar-refractivity contribution in [1.82, 2.24) is 15.2 Å². The fourth-order valence-electron chi connectivity index (χ4n) is 2.62. The molecule has 0 aliphatic heterocycles. The number of hydrazone groups is 1. The van der Waals surface area contributed by atoms with Gasteiger partial charge in [-0.25, -0.2) is 10.1 Å². The summed E-state index contributed by atoms with van der Waals surface area (Å²) < 4.78 is 2.34. The Morgan fingerprint density at radius 1 is 1.24 bits per heavy atom. The summed E-state index contributed by atoms with van der Waals surface area (Å²) in [5.74, 6) is -0.548. The number of H-pyrrole nitrogens is 1. The van der Waals surface area contributed by atoms with E-state index in [2.05, 4.69) is 31.6 Å². The van der Waals surface area contributed by atoms with Crippen LogP contribution in [0.3, 0.4) is 0 Å². The maximum Gasteiger partial charge on any atom is 0.280 e. The first-order chi connectivity index (χ1) is 13.8. The summed E-state index contributed by atoms with van der Waals surface area (Å²) in [6.45, 7) is 3.65. The molecular formula is C19H16BrN5O4. The van der Waals surface area contributed by atoms with E-state index in [4.69, 9.17) is 0 Å².